The number of hydrogen-bond acceptors (Lipinski definition) is 4. The molecular weight excluding hydrogens is 244 g/mol. The first-order valence-electron chi connectivity index (χ1n) is 6.18. The van der Waals surface area contributed by atoms with Crippen LogP contribution in [0.3, 0.4) is 0 Å². The lowest BCUT2D eigenvalue weighted by atomic mass is 10.1. The Morgan fingerprint density at radius 1 is 1.17 bits per heavy atom. The number of aromatic nitrogens is 1. The highest BCUT2D eigenvalue weighted by Gasteiger charge is 2.00. The Hall–Kier alpha value is -1.26. The number of nitrogens with zero attached hydrogens (tertiary/aromatic N) is 1. The van der Waals surface area contributed by atoms with Gasteiger partial charge < -0.3 is 10.4 Å². The summed E-state index contributed by atoms with van der Waals surface area (Å²) in [6.07, 6.45) is 2.71. The fourth-order valence-electron chi connectivity index (χ4n) is 1.77. The molecule has 0 aliphatic carbocycles. The van der Waals surface area contributed by atoms with Crippen molar-refractivity contribution in [2.75, 3.05) is 30.0 Å². The maximum atomic E-state index is 8.68. The lowest BCUT2D eigenvalue weighted by molar-refractivity contribution is 0.296. The van der Waals surface area contributed by atoms with Crippen molar-refractivity contribution >= 4 is 28.4 Å². The molecule has 18 heavy (non-hydrogen) atoms. The van der Waals surface area contributed by atoms with Crippen LogP contribution in [0.4, 0.5) is 5.82 Å². The zero-order valence-corrected chi connectivity index (χ0v) is 11.1. The van der Waals surface area contributed by atoms with E-state index in [0.29, 0.717) is 0 Å². The van der Waals surface area contributed by atoms with Crippen LogP contribution in [0.2, 0.25) is 0 Å². The van der Waals surface area contributed by atoms with Crippen LogP contribution in [0, 0.1) is 0 Å². The van der Waals surface area contributed by atoms with Gasteiger partial charge in [0.05, 0.1) is 0 Å². The van der Waals surface area contributed by atoms with E-state index in [1.807, 2.05) is 36.2 Å². The highest BCUT2D eigenvalue weighted by atomic mass is 32.2. The maximum Gasteiger partial charge on any atom is 0.133 e. The van der Waals surface area contributed by atoms with Crippen molar-refractivity contribution in [2.24, 2.45) is 0 Å². The van der Waals surface area contributed by atoms with Gasteiger partial charge in [0, 0.05) is 30.5 Å². The molecule has 0 unspecified atom stereocenters. The topological polar surface area (TPSA) is 45.1 Å². The predicted molar refractivity (Wildman–Crippen MR) is 79.3 cm³/mol. The molecule has 2 aromatic rings. The van der Waals surface area contributed by atoms with Crippen molar-refractivity contribution in [1.82, 2.24) is 4.98 Å². The van der Waals surface area contributed by atoms with Crippen molar-refractivity contribution in [3.8, 4) is 0 Å². The van der Waals surface area contributed by atoms with E-state index in [2.05, 4.69) is 22.4 Å². The Labute approximate surface area is 112 Å². The fraction of sp³-hybridized carbons (Fsp3) is 0.357. The average molecular weight is 262 g/mol. The van der Waals surface area contributed by atoms with Gasteiger partial charge in [0.1, 0.15) is 5.82 Å². The molecule has 3 nitrogen and oxygen atoms in total. The second-order valence-corrected chi connectivity index (χ2v) is 5.22. The number of nitrogens with one attached hydrogen (secondary N) is 1. The van der Waals surface area contributed by atoms with Gasteiger partial charge in [-0.25, -0.2) is 4.98 Å². The third kappa shape index (κ3) is 3.62. The van der Waals surface area contributed by atoms with E-state index in [1.54, 1.807) is 0 Å². The van der Waals surface area contributed by atoms with Gasteiger partial charge in [0.15, 0.2) is 0 Å². The number of hydrogen-bond donors (Lipinski definition) is 2. The highest BCUT2D eigenvalue weighted by molar-refractivity contribution is 7.99. The molecule has 0 amide bonds. The monoisotopic (exact) mass is 262 g/mol. The zero-order chi connectivity index (χ0) is 12.6. The first kappa shape index (κ1) is 13.2. The largest absolute Gasteiger partial charge is 0.396 e. The summed E-state index contributed by atoms with van der Waals surface area (Å²) >= 11 is 1.85. The lowest BCUT2D eigenvalue weighted by Gasteiger charge is -2.08. The molecule has 0 saturated heterocycles. The molecular formula is C14H18N2OS. The highest BCUT2D eigenvalue weighted by Crippen LogP contribution is 2.20. The molecule has 0 spiro atoms. The summed E-state index contributed by atoms with van der Waals surface area (Å²) in [6.45, 7) is 1.18. The fourth-order valence-corrected chi connectivity index (χ4v) is 2.55. The third-order valence-corrected chi connectivity index (χ3v) is 3.73. The molecule has 0 saturated carbocycles. The minimum absolute atomic E-state index is 0.283. The number of aliphatic hydroxyl groups is 1. The first-order valence-corrected chi connectivity index (χ1v) is 7.33. The van der Waals surface area contributed by atoms with Crippen molar-refractivity contribution in [2.45, 2.75) is 6.42 Å². The minimum atomic E-state index is 0.283. The van der Waals surface area contributed by atoms with Gasteiger partial charge in [0.25, 0.3) is 0 Å². The van der Waals surface area contributed by atoms with Gasteiger partial charge in [-0.15, -0.1) is 0 Å². The summed E-state index contributed by atoms with van der Waals surface area (Å²) in [4.78, 5) is 4.38. The van der Waals surface area contributed by atoms with Gasteiger partial charge in [0.2, 0.25) is 0 Å². The van der Waals surface area contributed by atoms with Gasteiger partial charge >= 0.3 is 0 Å². The summed E-state index contributed by atoms with van der Waals surface area (Å²) in [5, 5.41) is 14.4. The van der Waals surface area contributed by atoms with Crippen molar-refractivity contribution in [1.29, 1.82) is 0 Å². The van der Waals surface area contributed by atoms with E-state index < -0.39 is 0 Å². The van der Waals surface area contributed by atoms with Crippen LogP contribution in [0.15, 0.2) is 36.5 Å². The van der Waals surface area contributed by atoms with Gasteiger partial charge in [-0.2, -0.15) is 11.8 Å². The second-order valence-electron chi connectivity index (χ2n) is 4.00. The molecule has 1 heterocycles. The summed E-state index contributed by atoms with van der Waals surface area (Å²) < 4.78 is 0. The van der Waals surface area contributed by atoms with Gasteiger partial charge in [-0.1, -0.05) is 24.3 Å². The number of anilines is 1. The van der Waals surface area contributed by atoms with E-state index in [4.69, 9.17) is 5.11 Å². The van der Waals surface area contributed by atoms with Crippen LogP contribution >= 0.6 is 11.8 Å². The Morgan fingerprint density at radius 2 is 2.06 bits per heavy atom. The molecule has 0 aliphatic heterocycles. The smallest absolute Gasteiger partial charge is 0.133 e. The molecule has 1 aromatic heterocycles. The molecule has 1 aromatic carbocycles. The van der Waals surface area contributed by atoms with Crippen molar-refractivity contribution in [3.63, 3.8) is 0 Å². The van der Waals surface area contributed by atoms with E-state index in [1.165, 1.54) is 10.8 Å². The number of rotatable bonds is 7. The second kappa shape index (κ2) is 7.24. The van der Waals surface area contributed by atoms with Crippen LogP contribution in [0.1, 0.15) is 6.42 Å². The van der Waals surface area contributed by atoms with E-state index in [-0.39, 0.29) is 6.61 Å². The summed E-state index contributed by atoms with van der Waals surface area (Å²) in [5.41, 5.74) is 0. The Bertz CT molecular complexity index is 485. The van der Waals surface area contributed by atoms with Crippen molar-refractivity contribution in [3.05, 3.63) is 36.5 Å². The zero-order valence-electron chi connectivity index (χ0n) is 10.3. The minimum Gasteiger partial charge on any atom is -0.396 e. The van der Waals surface area contributed by atoms with Crippen LogP contribution < -0.4 is 5.32 Å². The Morgan fingerprint density at radius 3 is 2.94 bits per heavy atom. The quantitative estimate of drug-likeness (QED) is 0.753. The normalized spacial score (nSPS) is 10.7. The molecule has 0 bridgehead atoms. The number of pyridine rings is 1. The standard InChI is InChI=1S/C14H18N2OS/c17-9-3-10-18-11-8-16-14-13-5-2-1-4-12(13)6-7-15-14/h1-2,4-7,17H,3,8-11H2,(H,15,16). The van der Waals surface area contributed by atoms with E-state index >= 15 is 0 Å². The molecule has 2 N–H and O–H groups in total. The van der Waals surface area contributed by atoms with Crippen LogP contribution in [0.5, 0.6) is 0 Å². The number of fused-ring (bicyclic) bond motifs is 1. The van der Waals surface area contributed by atoms with Crippen LogP contribution in [-0.4, -0.2) is 34.7 Å². The van der Waals surface area contributed by atoms with E-state index in [9.17, 15) is 0 Å². The van der Waals surface area contributed by atoms with Gasteiger partial charge in [-0.3, -0.25) is 0 Å². The molecule has 96 valence electrons. The number of benzene rings is 1. The number of thioether (sulfide) groups is 1. The summed E-state index contributed by atoms with van der Waals surface area (Å²) in [5.74, 6) is 3.00. The molecule has 2 rings (SSSR count). The van der Waals surface area contributed by atoms with Crippen molar-refractivity contribution < 1.29 is 5.11 Å². The van der Waals surface area contributed by atoms with E-state index in [0.717, 1.165) is 30.3 Å². The number of aliphatic hydroxyl groups excluding tert-OH is 1. The lowest BCUT2D eigenvalue weighted by Crippen LogP contribution is -2.06. The molecule has 0 aliphatic rings. The third-order valence-electron chi connectivity index (χ3n) is 2.66. The predicted octanol–water partition coefficient (Wildman–Crippen LogP) is 2.76. The Balaban J connectivity index is 1.88. The molecule has 4 heteroatoms. The van der Waals surface area contributed by atoms with Crippen LogP contribution in [-0.2, 0) is 0 Å². The van der Waals surface area contributed by atoms with Crippen LogP contribution in [0.25, 0.3) is 10.8 Å². The summed E-state index contributed by atoms with van der Waals surface area (Å²) in [6, 6.07) is 10.3. The molecule has 0 atom stereocenters. The molecule has 0 radical (unpaired) electrons. The summed E-state index contributed by atoms with van der Waals surface area (Å²) in [7, 11) is 0. The van der Waals surface area contributed by atoms with Gasteiger partial charge in [-0.05, 0) is 23.6 Å². The average Bonchev–Trinajstić information content (AvgIpc) is 2.43. The first-order chi connectivity index (χ1) is 8.92. The molecule has 0 fully saturated rings. The SMILES string of the molecule is OCCCSCCNc1nccc2ccccc12. The maximum absolute atomic E-state index is 8.68. The Kier molecular flexibility index (Phi) is 5.30.